The zero-order valence-corrected chi connectivity index (χ0v) is 9.52. The summed E-state index contributed by atoms with van der Waals surface area (Å²) in [6.45, 7) is 0. The van der Waals surface area contributed by atoms with Crippen molar-refractivity contribution >= 4 is 12.0 Å². The van der Waals surface area contributed by atoms with Crippen LogP contribution in [0.5, 0.6) is 5.75 Å². The number of ether oxygens (including phenoxy) is 3. The van der Waals surface area contributed by atoms with E-state index in [9.17, 15) is 4.79 Å². The van der Waals surface area contributed by atoms with Crippen molar-refractivity contribution in [1.29, 1.82) is 0 Å². The summed E-state index contributed by atoms with van der Waals surface area (Å²) < 4.78 is 14.5. The Labute approximate surface area is 94.4 Å². The maximum absolute atomic E-state index is 11.2. The number of hydrogen-bond acceptors (Lipinski definition) is 4. The maximum atomic E-state index is 11.2. The summed E-state index contributed by atoms with van der Waals surface area (Å²) in [6.07, 6.45) is 1.60. The van der Waals surface area contributed by atoms with Gasteiger partial charge in [-0.05, 0) is 23.8 Å². The Hall–Kier alpha value is -1.97. The number of methoxy groups -OCH3 is 3. The Morgan fingerprint density at radius 2 is 1.69 bits per heavy atom. The standard InChI is InChI=1S/C12H14O4/c1-14-10-6-4-9(5-7-10)8-11(15-2)12(13)16-3/h4-8H,1-3H3. The van der Waals surface area contributed by atoms with Crippen molar-refractivity contribution < 1.29 is 19.0 Å². The molecule has 0 amide bonds. The van der Waals surface area contributed by atoms with Gasteiger partial charge in [0.1, 0.15) is 5.75 Å². The monoisotopic (exact) mass is 222 g/mol. The third-order valence-corrected chi connectivity index (χ3v) is 2.02. The lowest BCUT2D eigenvalue weighted by Gasteiger charge is -2.04. The molecule has 0 bridgehead atoms. The third-order valence-electron chi connectivity index (χ3n) is 2.02. The van der Waals surface area contributed by atoms with E-state index in [0.29, 0.717) is 0 Å². The van der Waals surface area contributed by atoms with Crippen molar-refractivity contribution in [2.24, 2.45) is 0 Å². The molecule has 16 heavy (non-hydrogen) atoms. The summed E-state index contributed by atoms with van der Waals surface area (Å²) in [5.41, 5.74) is 0.836. The number of esters is 1. The fourth-order valence-corrected chi connectivity index (χ4v) is 1.15. The second-order valence-corrected chi connectivity index (χ2v) is 2.98. The normalized spacial score (nSPS) is 10.8. The zero-order valence-electron chi connectivity index (χ0n) is 9.52. The topological polar surface area (TPSA) is 44.8 Å². The van der Waals surface area contributed by atoms with Gasteiger partial charge in [-0.1, -0.05) is 12.1 Å². The van der Waals surface area contributed by atoms with Crippen LogP contribution < -0.4 is 4.74 Å². The summed E-state index contributed by atoms with van der Waals surface area (Å²) in [7, 11) is 4.33. The van der Waals surface area contributed by atoms with Gasteiger partial charge in [-0.25, -0.2) is 4.79 Å². The van der Waals surface area contributed by atoms with Gasteiger partial charge in [-0.2, -0.15) is 0 Å². The van der Waals surface area contributed by atoms with Gasteiger partial charge in [0, 0.05) is 0 Å². The van der Waals surface area contributed by atoms with Gasteiger partial charge in [0.25, 0.3) is 0 Å². The van der Waals surface area contributed by atoms with Crippen molar-refractivity contribution in [2.75, 3.05) is 21.3 Å². The van der Waals surface area contributed by atoms with Gasteiger partial charge >= 0.3 is 5.97 Å². The third kappa shape index (κ3) is 3.02. The lowest BCUT2D eigenvalue weighted by Crippen LogP contribution is -2.06. The van der Waals surface area contributed by atoms with E-state index >= 15 is 0 Å². The molecule has 0 aromatic heterocycles. The average Bonchev–Trinajstić information content (AvgIpc) is 2.35. The summed E-state index contributed by atoms with van der Waals surface area (Å²) in [4.78, 5) is 11.2. The predicted molar refractivity (Wildman–Crippen MR) is 60.0 cm³/mol. The average molecular weight is 222 g/mol. The smallest absolute Gasteiger partial charge is 0.373 e. The van der Waals surface area contributed by atoms with Crippen molar-refractivity contribution in [2.45, 2.75) is 0 Å². The van der Waals surface area contributed by atoms with Crippen LogP contribution >= 0.6 is 0 Å². The molecule has 0 saturated heterocycles. The Kier molecular flexibility index (Phi) is 4.39. The number of benzene rings is 1. The first kappa shape index (κ1) is 12.1. The van der Waals surface area contributed by atoms with Gasteiger partial charge in [0.15, 0.2) is 0 Å². The highest BCUT2D eigenvalue weighted by Gasteiger charge is 2.09. The van der Waals surface area contributed by atoms with Crippen LogP contribution in [-0.4, -0.2) is 27.3 Å². The van der Waals surface area contributed by atoms with Crippen LogP contribution in [0, 0.1) is 0 Å². The highest BCUT2D eigenvalue weighted by Crippen LogP contribution is 2.14. The molecule has 0 N–H and O–H groups in total. The van der Waals surface area contributed by atoms with E-state index in [2.05, 4.69) is 4.74 Å². The highest BCUT2D eigenvalue weighted by atomic mass is 16.6. The maximum Gasteiger partial charge on any atom is 0.373 e. The van der Waals surface area contributed by atoms with E-state index in [1.807, 2.05) is 12.1 Å². The molecule has 0 radical (unpaired) electrons. The van der Waals surface area contributed by atoms with Gasteiger partial charge in [-0.15, -0.1) is 0 Å². The molecule has 4 nitrogen and oxygen atoms in total. The SMILES string of the molecule is COC(=O)C(=Cc1ccc(OC)cc1)OC. The molecule has 0 aliphatic carbocycles. The van der Waals surface area contributed by atoms with Crippen LogP contribution in [0.1, 0.15) is 5.56 Å². The zero-order chi connectivity index (χ0) is 12.0. The molecular formula is C12H14O4. The van der Waals surface area contributed by atoms with Crippen molar-refractivity contribution in [3.05, 3.63) is 35.6 Å². The Morgan fingerprint density at radius 1 is 1.06 bits per heavy atom. The van der Waals surface area contributed by atoms with Crippen LogP contribution in [0.4, 0.5) is 0 Å². The molecule has 0 saturated carbocycles. The van der Waals surface area contributed by atoms with Crippen LogP contribution in [0.25, 0.3) is 6.08 Å². The van der Waals surface area contributed by atoms with Crippen LogP contribution in [0.15, 0.2) is 30.0 Å². The van der Waals surface area contributed by atoms with E-state index in [1.54, 1.807) is 25.3 Å². The predicted octanol–water partition coefficient (Wildman–Crippen LogP) is 1.86. The number of rotatable bonds is 4. The molecule has 0 atom stereocenters. The largest absolute Gasteiger partial charge is 0.497 e. The molecule has 0 fully saturated rings. The molecule has 0 spiro atoms. The van der Waals surface area contributed by atoms with Crippen LogP contribution in [0.2, 0.25) is 0 Å². The van der Waals surface area contributed by atoms with Crippen LogP contribution in [-0.2, 0) is 14.3 Å². The van der Waals surface area contributed by atoms with Crippen molar-refractivity contribution in [3.8, 4) is 5.75 Å². The first-order valence-corrected chi connectivity index (χ1v) is 4.69. The van der Waals surface area contributed by atoms with E-state index in [-0.39, 0.29) is 5.76 Å². The van der Waals surface area contributed by atoms with E-state index in [0.717, 1.165) is 11.3 Å². The second-order valence-electron chi connectivity index (χ2n) is 2.98. The molecule has 0 aliphatic heterocycles. The Bertz CT molecular complexity index is 379. The number of hydrogen-bond donors (Lipinski definition) is 0. The van der Waals surface area contributed by atoms with Crippen molar-refractivity contribution in [3.63, 3.8) is 0 Å². The molecule has 86 valence electrons. The molecule has 1 rings (SSSR count). The lowest BCUT2D eigenvalue weighted by molar-refractivity contribution is -0.139. The fourth-order valence-electron chi connectivity index (χ4n) is 1.15. The molecule has 0 aliphatic rings. The van der Waals surface area contributed by atoms with Gasteiger partial charge in [0.05, 0.1) is 21.3 Å². The number of carbonyl (C=O) groups excluding carboxylic acids is 1. The lowest BCUT2D eigenvalue weighted by atomic mass is 10.2. The van der Waals surface area contributed by atoms with Crippen molar-refractivity contribution in [1.82, 2.24) is 0 Å². The highest BCUT2D eigenvalue weighted by molar-refractivity contribution is 5.91. The Balaban J connectivity index is 2.91. The molecular weight excluding hydrogens is 208 g/mol. The first-order chi connectivity index (χ1) is 7.71. The minimum absolute atomic E-state index is 0.160. The summed E-state index contributed by atoms with van der Waals surface area (Å²) in [5.74, 6) is 0.417. The minimum Gasteiger partial charge on any atom is -0.497 e. The van der Waals surface area contributed by atoms with Crippen LogP contribution in [0.3, 0.4) is 0 Å². The van der Waals surface area contributed by atoms with E-state index in [1.165, 1.54) is 14.2 Å². The molecule has 0 heterocycles. The quantitative estimate of drug-likeness (QED) is 0.443. The van der Waals surface area contributed by atoms with Gasteiger partial charge in [-0.3, -0.25) is 0 Å². The molecule has 4 heteroatoms. The summed E-state index contributed by atoms with van der Waals surface area (Å²) in [6, 6.07) is 7.24. The molecule has 1 aromatic rings. The van der Waals surface area contributed by atoms with E-state index < -0.39 is 5.97 Å². The molecule has 1 aromatic carbocycles. The molecule has 0 unspecified atom stereocenters. The Morgan fingerprint density at radius 3 is 2.12 bits per heavy atom. The van der Waals surface area contributed by atoms with E-state index in [4.69, 9.17) is 9.47 Å². The number of carbonyl (C=O) groups is 1. The second kappa shape index (κ2) is 5.80. The summed E-state index contributed by atoms with van der Waals surface area (Å²) >= 11 is 0. The first-order valence-electron chi connectivity index (χ1n) is 4.69. The summed E-state index contributed by atoms with van der Waals surface area (Å²) in [5, 5.41) is 0. The minimum atomic E-state index is -0.502. The fraction of sp³-hybridized carbons (Fsp3) is 0.250. The van der Waals surface area contributed by atoms with Gasteiger partial charge in [0.2, 0.25) is 5.76 Å². The van der Waals surface area contributed by atoms with Gasteiger partial charge < -0.3 is 14.2 Å².